The van der Waals surface area contributed by atoms with Crippen LogP contribution in [0, 0.1) is 5.92 Å². The molecule has 1 aliphatic carbocycles. The highest BCUT2D eigenvalue weighted by atomic mass is 32.2. The van der Waals surface area contributed by atoms with Crippen LogP contribution in [0.5, 0.6) is 5.75 Å². The van der Waals surface area contributed by atoms with Crippen LogP contribution in [0.3, 0.4) is 0 Å². The summed E-state index contributed by atoms with van der Waals surface area (Å²) in [6, 6.07) is 13.2. The second-order valence-corrected chi connectivity index (χ2v) is 10.00. The van der Waals surface area contributed by atoms with E-state index in [1.54, 1.807) is 41.3 Å². The highest BCUT2D eigenvalue weighted by molar-refractivity contribution is 7.89. The van der Waals surface area contributed by atoms with Crippen LogP contribution in [0.4, 0.5) is 0 Å². The molecule has 0 spiro atoms. The van der Waals surface area contributed by atoms with E-state index in [0.717, 1.165) is 12.4 Å². The lowest BCUT2D eigenvalue weighted by molar-refractivity contribution is 0.0697. The van der Waals surface area contributed by atoms with E-state index in [9.17, 15) is 18.0 Å². The Bertz CT molecular complexity index is 1070. The smallest absolute Gasteiger partial charge is 0.253 e. The van der Waals surface area contributed by atoms with E-state index < -0.39 is 10.0 Å². The molecule has 1 amide bonds. The molecule has 31 heavy (non-hydrogen) atoms. The summed E-state index contributed by atoms with van der Waals surface area (Å²) in [6.45, 7) is 3.16. The number of Topliss-reactive ketones (excluding diaryl/α,β-unsaturated/α-hetero) is 1. The Balaban J connectivity index is 1.36. The minimum Gasteiger partial charge on any atom is -0.493 e. The predicted molar refractivity (Wildman–Crippen MR) is 116 cm³/mol. The molecule has 2 aliphatic rings. The topological polar surface area (TPSA) is 84.0 Å². The van der Waals surface area contributed by atoms with Crippen molar-refractivity contribution in [3.8, 4) is 5.75 Å². The molecule has 8 heteroatoms. The lowest BCUT2D eigenvalue weighted by Crippen LogP contribution is -2.50. The SMILES string of the molecule is CC(=O)c1cccc(S(=O)(=O)N2CCN(C(=O)c3ccc(OCC4CC4)cc3)CC2)c1. The maximum absolute atomic E-state index is 13.0. The standard InChI is InChI=1S/C23H26N2O5S/c1-17(26)20-3-2-4-22(15-20)31(28,29)25-13-11-24(12-14-25)23(27)19-7-9-21(10-8-19)30-16-18-5-6-18/h2-4,7-10,15,18H,5-6,11-14,16H2,1H3. The molecule has 2 aromatic carbocycles. The van der Waals surface area contributed by atoms with E-state index in [0.29, 0.717) is 30.1 Å². The number of ketones is 1. The van der Waals surface area contributed by atoms with Gasteiger partial charge in [0.25, 0.3) is 5.91 Å². The van der Waals surface area contributed by atoms with Crippen LogP contribution >= 0.6 is 0 Å². The molecule has 2 fully saturated rings. The van der Waals surface area contributed by atoms with Gasteiger partial charge in [0.05, 0.1) is 11.5 Å². The fourth-order valence-corrected chi connectivity index (χ4v) is 5.00. The van der Waals surface area contributed by atoms with Gasteiger partial charge in [0.1, 0.15) is 5.75 Å². The number of carbonyl (C=O) groups is 2. The van der Waals surface area contributed by atoms with Crippen molar-refractivity contribution in [3.05, 3.63) is 59.7 Å². The first kappa shape index (κ1) is 21.5. The summed E-state index contributed by atoms with van der Waals surface area (Å²) in [5.74, 6) is 1.12. The molecule has 0 N–H and O–H groups in total. The Kier molecular flexibility index (Phi) is 6.11. The van der Waals surface area contributed by atoms with E-state index in [2.05, 4.69) is 0 Å². The van der Waals surface area contributed by atoms with Gasteiger partial charge in [-0.15, -0.1) is 0 Å². The zero-order valence-electron chi connectivity index (χ0n) is 17.5. The van der Waals surface area contributed by atoms with Crippen LogP contribution in [0.2, 0.25) is 0 Å². The van der Waals surface area contributed by atoms with Crippen LogP contribution in [-0.4, -0.2) is 62.1 Å². The van der Waals surface area contributed by atoms with Crippen LogP contribution < -0.4 is 4.74 Å². The van der Waals surface area contributed by atoms with E-state index in [4.69, 9.17) is 4.74 Å². The Morgan fingerprint density at radius 3 is 2.26 bits per heavy atom. The molecular weight excluding hydrogens is 416 g/mol. The largest absolute Gasteiger partial charge is 0.493 e. The molecule has 0 unspecified atom stereocenters. The molecule has 1 saturated heterocycles. The van der Waals surface area contributed by atoms with Gasteiger partial charge in [-0.05, 0) is 62.1 Å². The molecule has 1 heterocycles. The fraction of sp³-hybridized carbons (Fsp3) is 0.391. The molecule has 2 aromatic rings. The second kappa shape index (κ2) is 8.80. The summed E-state index contributed by atoms with van der Waals surface area (Å²) in [5.41, 5.74) is 0.920. The summed E-state index contributed by atoms with van der Waals surface area (Å²) < 4.78 is 33.0. The Morgan fingerprint density at radius 1 is 0.968 bits per heavy atom. The van der Waals surface area contributed by atoms with Crippen molar-refractivity contribution in [1.82, 2.24) is 9.21 Å². The zero-order chi connectivity index (χ0) is 22.0. The van der Waals surface area contributed by atoms with Gasteiger partial charge in [-0.2, -0.15) is 4.31 Å². The number of hydrogen-bond donors (Lipinski definition) is 0. The molecule has 7 nitrogen and oxygen atoms in total. The van der Waals surface area contributed by atoms with Crippen molar-refractivity contribution in [2.75, 3.05) is 32.8 Å². The van der Waals surface area contributed by atoms with Gasteiger partial charge in [-0.1, -0.05) is 12.1 Å². The van der Waals surface area contributed by atoms with Gasteiger partial charge >= 0.3 is 0 Å². The quantitative estimate of drug-likeness (QED) is 0.616. The van der Waals surface area contributed by atoms with Gasteiger partial charge < -0.3 is 9.64 Å². The van der Waals surface area contributed by atoms with Crippen LogP contribution in [0.15, 0.2) is 53.4 Å². The van der Waals surface area contributed by atoms with Gasteiger partial charge in [-0.25, -0.2) is 8.42 Å². The number of nitrogens with zero attached hydrogens (tertiary/aromatic N) is 2. The van der Waals surface area contributed by atoms with Gasteiger partial charge in [0, 0.05) is 37.3 Å². The summed E-state index contributed by atoms with van der Waals surface area (Å²) in [7, 11) is -3.72. The first-order valence-electron chi connectivity index (χ1n) is 10.5. The molecule has 0 atom stereocenters. The van der Waals surface area contributed by atoms with Gasteiger partial charge in [-0.3, -0.25) is 9.59 Å². The zero-order valence-corrected chi connectivity index (χ0v) is 18.3. The molecule has 1 saturated carbocycles. The monoisotopic (exact) mass is 442 g/mol. The van der Waals surface area contributed by atoms with Crippen LogP contribution in [0.1, 0.15) is 40.5 Å². The Hall–Kier alpha value is -2.71. The van der Waals surface area contributed by atoms with Crippen molar-refractivity contribution < 1.29 is 22.7 Å². The molecule has 0 radical (unpaired) electrons. The van der Waals surface area contributed by atoms with Crippen LogP contribution in [0.25, 0.3) is 0 Å². The third-order valence-electron chi connectivity index (χ3n) is 5.69. The molecule has 0 aromatic heterocycles. The molecule has 4 rings (SSSR count). The number of amides is 1. The third-order valence-corrected chi connectivity index (χ3v) is 7.58. The number of carbonyl (C=O) groups excluding carboxylic acids is 2. The average Bonchev–Trinajstić information content (AvgIpc) is 3.62. The molecule has 1 aliphatic heterocycles. The number of piperazine rings is 1. The Labute approximate surface area is 182 Å². The Morgan fingerprint density at radius 2 is 1.65 bits per heavy atom. The number of rotatable bonds is 7. The normalized spacial score (nSPS) is 17.4. The highest BCUT2D eigenvalue weighted by Gasteiger charge is 2.30. The lowest BCUT2D eigenvalue weighted by Gasteiger charge is -2.34. The first-order chi connectivity index (χ1) is 14.8. The summed E-state index contributed by atoms with van der Waals surface area (Å²) >= 11 is 0. The maximum Gasteiger partial charge on any atom is 0.253 e. The fourth-order valence-electron chi connectivity index (χ4n) is 3.53. The van der Waals surface area contributed by atoms with Crippen molar-refractivity contribution in [2.45, 2.75) is 24.7 Å². The number of benzene rings is 2. The van der Waals surface area contributed by atoms with Gasteiger partial charge in [0.15, 0.2) is 5.78 Å². The predicted octanol–water partition coefficient (Wildman–Crippen LogP) is 2.82. The summed E-state index contributed by atoms with van der Waals surface area (Å²) in [6.07, 6.45) is 2.45. The first-order valence-corrected chi connectivity index (χ1v) is 11.9. The van der Waals surface area contributed by atoms with Crippen molar-refractivity contribution in [1.29, 1.82) is 0 Å². The van der Waals surface area contributed by atoms with E-state index in [1.165, 1.54) is 36.2 Å². The summed E-state index contributed by atoms with van der Waals surface area (Å²) in [5, 5.41) is 0. The number of sulfonamides is 1. The minimum atomic E-state index is -3.72. The number of hydrogen-bond acceptors (Lipinski definition) is 5. The lowest BCUT2D eigenvalue weighted by atomic mass is 10.2. The van der Waals surface area contributed by atoms with Crippen molar-refractivity contribution in [2.24, 2.45) is 5.92 Å². The van der Waals surface area contributed by atoms with E-state index in [1.807, 2.05) is 0 Å². The van der Waals surface area contributed by atoms with Crippen molar-refractivity contribution >= 4 is 21.7 Å². The average molecular weight is 443 g/mol. The molecular formula is C23H26N2O5S. The van der Waals surface area contributed by atoms with Gasteiger partial charge in [0.2, 0.25) is 10.0 Å². The van der Waals surface area contributed by atoms with Crippen LogP contribution in [-0.2, 0) is 10.0 Å². The maximum atomic E-state index is 13.0. The third kappa shape index (κ3) is 4.97. The summed E-state index contributed by atoms with van der Waals surface area (Å²) in [4.78, 5) is 26.2. The second-order valence-electron chi connectivity index (χ2n) is 8.06. The highest BCUT2D eigenvalue weighted by Crippen LogP contribution is 2.29. The molecule has 164 valence electrons. The van der Waals surface area contributed by atoms with E-state index >= 15 is 0 Å². The number of ether oxygens (including phenoxy) is 1. The van der Waals surface area contributed by atoms with E-state index in [-0.39, 0.29) is 29.7 Å². The van der Waals surface area contributed by atoms with Crippen molar-refractivity contribution in [3.63, 3.8) is 0 Å². The minimum absolute atomic E-state index is 0.0989. The molecule has 0 bridgehead atoms.